The normalized spacial score (nSPS) is 15.6. The number of fused-ring (bicyclic) bond motifs is 1. The molecule has 100 valence electrons. The second-order valence-corrected chi connectivity index (χ2v) is 4.40. The van der Waals surface area contributed by atoms with Gasteiger partial charge in [0.1, 0.15) is 11.9 Å². The maximum Gasteiger partial charge on any atom is 0.299 e. The largest absolute Gasteiger partial charge is 0.368 e. The topological polar surface area (TPSA) is 106 Å². The summed E-state index contributed by atoms with van der Waals surface area (Å²) in [6.45, 7) is 1.28. The number of carbonyl (C=O) groups is 3. The number of rotatable bonds is 3. The van der Waals surface area contributed by atoms with Crippen molar-refractivity contribution >= 4 is 23.3 Å². The zero-order chi connectivity index (χ0) is 14.3. The number of carbonyl (C=O) groups excluding carboxylic acids is 3. The Hall–Kier alpha value is -2.28. The third-order valence-corrected chi connectivity index (χ3v) is 2.91. The van der Waals surface area contributed by atoms with E-state index in [0.29, 0.717) is 5.56 Å². The van der Waals surface area contributed by atoms with Gasteiger partial charge in [0.05, 0.1) is 17.8 Å². The molecule has 7 heteroatoms. The van der Waals surface area contributed by atoms with Crippen molar-refractivity contribution in [3.05, 3.63) is 29.1 Å². The van der Waals surface area contributed by atoms with Gasteiger partial charge in [0.15, 0.2) is 0 Å². The predicted molar refractivity (Wildman–Crippen MR) is 65.0 cm³/mol. The molecule has 1 atom stereocenters. The molecule has 0 aliphatic carbocycles. The molecule has 0 fully saturated rings. The van der Waals surface area contributed by atoms with Gasteiger partial charge in [0.25, 0.3) is 11.7 Å². The van der Waals surface area contributed by atoms with Crippen molar-refractivity contribution in [3.8, 4) is 0 Å². The first kappa shape index (κ1) is 13.2. The van der Waals surface area contributed by atoms with E-state index in [9.17, 15) is 18.8 Å². The van der Waals surface area contributed by atoms with Crippen LogP contribution < -0.4 is 16.4 Å². The van der Waals surface area contributed by atoms with Crippen LogP contribution in [0.2, 0.25) is 0 Å². The van der Waals surface area contributed by atoms with E-state index in [1.807, 2.05) is 0 Å². The Bertz CT molecular complexity index is 600. The van der Waals surface area contributed by atoms with Gasteiger partial charge in [-0.05, 0) is 24.6 Å². The molecular formula is C12H12FN3O3. The molecular weight excluding hydrogens is 253 g/mol. The molecule has 19 heavy (non-hydrogen) atoms. The predicted octanol–water partition coefficient (Wildman–Crippen LogP) is -0.524. The first-order valence-corrected chi connectivity index (χ1v) is 5.54. The van der Waals surface area contributed by atoms with Crippen LogP contribution in [0.4, 0.5) is 10.1 Å². The number of aryl methyl sites for hydroxylation is 1. The van der Waals surface area contributed by atoms with Gasteiger partial charge in [-0.3, -0.25) is 19.3 Å². The van der Waals surface area contributed by atoms with Crippen LogP contribution in [0.15, 0.2) is 12.1 Å². The highest BCUT2D eigenvalue weighted by molar-refractivity contribution is 6.52. The number of anilines is 1. The van der Waals surface area contributed by atoms with E-state index < -0.39 is 29.5 Å². The lowest BCUT2D eigenvalue weighted by Gasteiger charge is -2.19. The van der Waals surface area contributed by atoms with Crippen LogP contribution in [0.5, 0.6) is 0 Å². The highest BCUT2D eigenvalue weighted by Crippen LogP contribution is 2.32. The summed E-state index contributed by atoms with van der Waals surface area (Å²) in [4.78, 5) is 35.3. The van der Waals surface area contributed by atoms with Crippen LogP contribution >= 0.6 is 0 Å². The molecule has 0 spiro atoms. The molecule has 0 saturated heterocycles. The van der Waals surface area contributed by atoms with E-state index in [1.54, 1.807) is 6.92 Å². The lowest BCUT2D eigenvalue weighted by molar-refractivity contribution is -0.119. The van der Waals surface area contributed by atoms with Gasteiger partial charge in [0, 0.05) is 0 Å². The molecule has 1 aliphatic heterocycles. The van der Waals surface area contributed by atoms with Gasteiger partial charge >= 0.3 is 0 Å². The van der Waals surface area contributed by atoms with Crippen molar-refractivity contribution < 1.29 is 18.8 Å². The molecule has 2 rings (SSSR count). The summed E-state index contributed by atoms with van der Waals surface area (Å²) in [6, 6.07) is 1.46. The van der Waals surface area contributed by atoms with Crippen molar-refractivity contribution in [3.63, 3.8) is 0 Å². The van der Waals surface area contributed by atoms with Gasteiger partial charge in [-0.15, -0.1) is 0 Å². The number of nitrogens with two attached hydrogens (primary N) is 2. The first-order valence-electron chi connectivity index (χ1n) is 5.54. The van der Waals surface area contributed by atoms with Crippen molar-refractivity contribution in [2.75, 3.05) is 11.4 Å². The number of nitrogens with zero attached hydrogens (tertiary/aromatic N) is 1. The number of ketones is 1. The molecule has 1 aromatic rings. The zero-order valence-electron chi connectivity index (χ0n) is 10.1. The Morgan fingerprint density at radius 2 is 2.05 bits per heavy atom. The molecule has 1 aromatic carbocycles. The second kappa shape index (κ2) is 4.43. The van der Waals surface area contributed by atoms with Crippen LogP contribution in [0.3, 0.4) is 0 Å². The minimum atomic E-state index is -1.16. The lowest BCUT2D eigenvalue weighted by atomic mass is 10.1. The molecule has 6 nitrogen and oxygen atoms in total. The van der Waals surface area contributed by atoms with E-state index in [4.69, 9.17) is 11.5 Å². The highest BCUT2D eigenvalue weighted by Gasteiger charge is 2.39. The maximum atomic E-state index is 13.9. The third-order valence-electron chi connectivity index (χ3n) is 2.91. The summed E-state index contributed by atoms with van der Waals surface area (Å²) in [7, 11) is 0. The van der Waals surface area contributed by atoms with Crippen LogP contribution in [0, 0.1) is 12.7 Å². The molecule has 2 amide bonds. The molecule has 0 radical (unpaired) electrons. The number of benzene rings is 1. The van der Waals surface area contributed by atoms with E-state index in [-0.39, 0.29) is 17.8 Å². The van der Waals surface area contributed by atoms with Crippen molar-refractivity contribution in [1.82, 2.24) is 0 Å². The number of hydrogen-bond donors (Lipinski definition) is 2. The first-order chi connectivity index (χ1) is 8.82. The number of primary amides is 1. The Balaban J connectivity index is 2.47. The Morgan fingerprint density at radius 1 is 1.42 bits per heavy atom. The Kier molecular flexibility index (Phi) is 3.07. The molecule has 0 aromatic heterocycles. The van der Waals surface area contributed by atoms with Crippen LogP contribution in [-0.2, 0) is 9.59 Å². The third kappa shape index (κ3) is 2.08. The summed E-state index contributed by atoms with van der Waals surface area (Å²) in [5.41, 5.74) is 10.8. The maximum absolute atomic E-state index is 13.9. The summed E-state index contributed by atoms with van der Waals surface area (Å²) < 4.78 is 13.9. The van der Waals surface area contributed by atoms with Crippen LogP contribution in [0.1, 0.15) is 15.9 Å². The molecule has 4 N–H and O–H groups in total. The van der Waals surface area contributed by atoms with Crippen molar-refractivity contribution in [1.29, 1.82) is 0 Å². The fraction of sp³-hybridized carbons (Fsp3) is 0.250. The zero-order valence-corrected chi connectivity index (χ0v) is 10.1. The van der Waals surface area contributed by atoms with Gasteiger partial charge in [-0.1, -0.05) is 0 Å². The standard InChI is InChI=1S/C12H12FN3O3/c1-5-2-6-9(7(13)3-5)16(12(19)10(6)17)4-8(14)11(15)18/h2-3,8H,4,14H2,1H3,(H2,15,18). The number of Topliss-reactive ketones (excluding diaryl/α,β-unsaturated/α-hetero) is 1. The number of amides is 2. The molecule has 1 heterocycles. The number of halogens is 1. The fourth-order valence-corrected chi connectivity index (χ4v) is 1.98. The van der Waals surface area contributed by atoms with Gasteiger partial charge in [0.2, 0.25) is 5.91 Å². The molecule has 1 unspecified atom stereocenters. The van der Waals surface area contributed by atoms with Gasteiger partial charge in [-0.2, -0.15) is 0 Å². The average molecular weight is 265 g/mol. The molecule has 1 aliphatic rings. The highest BCUT2D eigenvalue weighted by atomic mass is 19.1. The van der Waals surface area contributed by atoms with E-state index in [1.165, 1.54) is 12.1 Å². The molecule has 0 saturated carbocycles. The minimum Gasteiger partial charge on any atom is -0.368 e. The Labute approximate surface area is 108 Å². The Morgan fingerprint density at radius 3 is 2.63 bits per heavy atom. The summed E-state index contributed by atoms with van der Waals surface area (Å²) in [6.07, 6.45) is 0. The van der Waals surface area contributed by atoms with Crippen molar-refractivity contribution in [2.24, 2.45) is 11.5 Å². The minimum absolute atomic E-state index is 0.0147. The quantitative estimate of drug-likeness (QED) is 0.717. The van der Waals surface area contributed by atoms with E-state index in [2.05, 4.69) is 0 Å². The van der Waals surface area contributed by atoms with Crippen LogP contribution in [0.25, 0.3) is 0 Å². The summed E-state index contributed by atoms with van der Waals surface area (Å²) in [5, 5.41) is 0. The molecule has 0 bridgehead atoms. The smallest absolute Gasteiger partial charge is 0.299 e. The van der Waals surface area contributed by atoms with Gasteiger partial charge in [-0.25, -0.2) is 4.39 Å². The van der Waals surface area contributed by atoms with E-state index >= 15 is 0 Å². The van der Waals surface area contributed by atoms with Gasteiger partial charge < -0.3 is 11.5 Å². The monoisotopic (exact) mass is 265 g/mol. The van der Waals surface area contributed by atoms with E-state index in [0.717, 1.165) is 4.90 Å². The summed E-state index contributed by atoms with van der Waals surface area (Å²) >= 11 is 0. The number of hydrogen-bond acceptors (Lipinski definition) is 4. The van der Waals surface area contributed by atoms with Crippen molar-refractivity contribution in [2.45, 2.75) is 13.0 Å². The van der Waals surface area contributed by atoms with Crippen LogP contribution in [-0.4, -0.2) is 30.2 Å². The summed E-state index contributed by atoms with van der Waals surface area (Å²) in [5.74, 6) is -3.25. The fourth-order valence-electron chi connectivity index (χ4n) is 1.98. The lowest BCUT2D eigenvalue weighted by Crippen LogP contribution is -2.47. The SMILES string of the molecule is Cc1cc(F)c2c(c1)C(=O)C(=O)N2CC(N)C(N)=O. The second-order valence-electron chi connectivity index (χ2n) is 4.40. The average Bonchev–Trinajstić information content (AvgIpc) is 2.54.